The fraction of sp³-hybridized carbons (Fsp3) is 0.765. The summed E-state index contributed by atoms with van der Waals surface area (Å²) in [5.41, 5.74) is -0.432. The second kappa shape index (κ2) is 6.19. The molecule has 4 nitrogen and oxygen atoms in total. The normalized spacial score (nSPS) is 23.5. The zero-order valence-corrected chi connectivity index (χ0v) is 15.4. The first kappa shape index (κ1) is 17.3. The summed E-state index contributed by atoms with van der Waals surface area (Å²) in [6.07, 6.45) is 3.59. The maximum Gasteiger partial charge on any atom is 0.410 e. The summed E-state index contributed by atoms with van der Waals surface area (Å²) in [5, 5.41) is 3.22. The van der Waals surface area contributed by atoms with Crippen LogP contribution in [0.1, 0.15) is 65.3 Å². The highest BCUT2D eigenvalue weighted by atomic mass is 32.1. The van der Waals surface area contributed by atoms with E-state index in [9.17, 15) is 4.79 Å². The molecule has 22 heavy (non-hydrogen) atoms. The lowest BCUT2D eigenvalue weighted by Crippen LogP contribution is -2.52. The first-order valence-electron chi connectivity index (χ1n) is 7.97. The second-order valence-electron chi connectivity index (χ2n) is 8.15. The molecule has 1 aliphatic heterocycles. The molecule has 5 heteroatoms. The molecule has 2 rings (SSSR count). The van der Waals surface area contributed by atoms with Gasteiger partial charge < -0.3 is 9.64 Å². The first-order valence-corrected chi connectivity index (χ1v) is 8.85. The molecule has 0 radical (unpaired) electrons. The summed E-state index contributed by atoms with van der Waals surface area (Å²) in [6.45, 7) is 13.1. The van der Waals surface area contributed by atoms with Crippen molar-refractivity contribution >= 4 is 17.4 Å². The number of aromatic nitrogens is 1. The number of carbonyl (C=O) groups excluding carboxylic acids is 1. The van der Waals surface area contributed by atoms with E-state index >= 15 is 0 Å². The Balaban J connectivity index is 2.16. The van der Waals surface area contributed by atoms with Crippen LogP contribution in [0.4, 0.5) is 4.79 Å². The molecule has 1 saturated heterocycles. The molecule has 1 aromatic heterocycles. The Labute approximate surface area is 137 Å². The number of rotatable bonds is 1. The lowest BCUT2D eigenvalue weighted by atomic mass is 9.77. The number of carbonyl (C=O) groups is 1. The van der Waals surface area contributed by atoms with E-state index in [-0.39, 0.29) is 17.6 Å². The zero-order valence-electron chi connectivity index (χ0n) is 14.5. The van der Waals surface area contributed by atoms with Gasteiger partial charge in [-0.2, -0.15) is 0 Å². The first-order chi connectivity index (χ1) is 10.1. The van der Waals surface area contributed by atoms with Crippen LogP contribution in [0.15, 0.2) is 11.6 Å². The van der Waals surface area contributed by atoms with Crippen LogP contribution >= 0.6 is 11.3 Å². The largest absolute Gasteiger partial charge is 0.444 e. The third kappa shape index (κ3) is 4.22. The molecule has 0 bridgehead atoms. The van der Waals surface area contributed by atoms with Crippen molar-refractivity contribution in [3.05, 3.63) is 16.6 Å². The van der Waals surface area contributed by atoms with Gasteiger partial charge in [-0.1, -0.05) is 20.8 Å². The van der Waals surface area contributed by atoms with E-state index in [2.05, 4.69) is 25.8 Å². The third-order valence-corrected chi connectivity index (χ3v) is 4.97. The van der Waals surface area contributed by atoms with E-state index in [1.165, 1.54) is 5.01 Å². The summed E-state index contributed by atoms with van der Waals surface area (Å²) in [4.78, 5) is 19.0. The minimum atomic E-state index is -0.453. The molecule has 2 heterocycles. The topological polar surface area (TPSA) is 42.4 Å². The van der Waals surface area contributed by atoms with E-state index in [1.807, 2.05) is 37.2 Å². The molecule has 0 aliphatic carbocycles. The predicted octanol–water partition coefficient (Wildman–Crippen LogP) is 4.67. The molecule has 0 saturated carbocycles. The molecule has 1 amide bonds. The summed E-state index contributed by atoms with van der Waals surface area (Å²) >= 11 is 1.72. The Morgan fingerprint density at radius 1 is 1.32 bits per heavy atom. The van der Waals surface area contributed by atoms with Crippen molar-refractivity contribution in [3.8, 4) is 0 Å². The van der Waals surface area contributed by atoms with Gasteiger partial charge in [0.05, 0.1) is 5.01 Å². The number of nitrogens with zero attached hydrogens (tertiary/aromatic N) is 2. The minimum absolute atomic E-state index is 0.0207. The van der Waals surface area contributed by atoms with Gasteiger partial charge in [0.1, 0.15) is 5.60 Å². The van der Waals surface area contributed by atoms with Gasteiger partial charge in [0.2, 0.25) is 0 Å². The lowest BCUT2D eigenvalue weighted by Gasteiger charge is -2.45. The lowest BCUT2D eigenvalue weighted by molar-refractivity contribution is -0.0101. The van der Waals surface area contributed by atoms with Gasteiger partial charge in [-0.05, 0) is 39.0 Å². The molecule has 0 aromatic carbocycles. The molecule has 0 N–H and O–H groups in total. The van der Waals surface area contributed by atoms with E-state index < -0.39 is 5.60 Å². The standard InChI is InChI=1S/C17H28N2O2S/c1-16(2,3)13-11-12(14-18-8-10-22-14)7-9-19(13)15(20)21-17(4,5)6/h8,10,12-13H,7,9,11H2,1-6H3. The molecule has 1 aliphatic rings. The Morgan fingerprint density at radius 2 is 2.00 bits per heavy atom. The number of hydrogen-bond donors (Lipinski definition) is 0. The van der Waals surface area contributed by atoms with Crippen molar-refractivity contribution in [2.45, 2.75) is 71.9 Å². The number of amides is 1. The van der Waals surface area contributed by atoms with Crippen LogP contribution in [-0.4, -0.2) is 34.2 Å². The quantitative estimate of drug-likeness (QED) is 0.753. The highest BCUT2D eigenvalue weighted by molar-refractivity contribution is 7.09. The van der Waals surface area contributed by atoms with Crippen LogP contribution in [0.25, 0.3) is 0 Å². The van der Waals surface area contributed by atoms with Gasteiger partial charge in [-0.3, -0.25) is 0 Å². The molecule has 124 valence electrons. The number of likely N-dealkylation sites (tertiary alicyclic amines) is 1. The monoisotopic (exact) mass is 324 g/mol. The van der Waals surface area contributed by atoms with Gasteiger partial charge >= 0.3 is 6.09 Å². The zero-order chi connectivity index (χ0) is 16.5. The highest BCUT2D eigenvalue weighted by Crippen LogP contribution is 2.40. The molecule has 2 atom stereocenters. The Kier molecular flexibility index (Phi) is 4.85. The van der Waals surface area contributed by atoms with Crippen molar-refractivity contribution < 1.29 is 9.53 Å². The third-order valence-electron chi connectivity index (χ3n) is 4.03. The molecule has 0 spiro atoms. The fourth-order valence-electron chi connectivity index (χ4n) is 2.99. The van der Waals surface area contributed by atoms with Crippen LogP contribution in [-0.2, 0) is 4.74 Å². The van der Waals surface area contributed by atoms with Gasteiger partial charge in [0, 0.05) is 30.1 Å². The fourth-order valence-corrected chi connectivity index (χ4v) is 3.78. The SMILES string of the molecule is CC(C)(C)OC(=O)N1CCC(c2nccs2)CC1C(C)(C)C. The van der Waals surface area contributed by atoms with E-state index in [1.54, 1.807) is 11.3 Å². The van der Waals surface area contributed by atoms with Crippen molar-refractivity contribution in [1.29, 1.82) is 0 Å². The maximum absolute atomic E-state index is 12.6. The highest BCUT2D eigenvalue weighted by Gasteiger charge is 2.41. The Hall–Kier alpha value is -1.10. The van der Waals surface area contributed by atoms with Crippen molar-refractivity contribution in [2.24, 2.45) is 5.41 Å². The smallest absolute Gasteiger partial charge is 0.410 e. The number of thiazole rings is 1. The van der Waals surface area contributed by atoms with Crippen LogP contribution in [0, 0.1) is 5.41 Å². The second-order valence-corrected chi connectivity index (χ2v) is 9.07. The number of piperidine rings is 1. The Morgan fingerprint density at radius 3 is 2.50 bits per heavy atom. The summed E-state index contributed by atoms with van der Waals surface area (Å²) in [6, 6.07) is 0.171. The molecule has 1 fully saturated rings. The van der Waals surface area contributed by atoms with Crippen LogP contribution in [0.2, 0.25) is 0 Å². The van der Waals surface area contributed by atoms with Crippen molar-refractivity contribution in [3.63, 3.8) is 0 Å². The number of ether oxygens (including phenoxy) is 1. The van der Waals surface area contributed by atoms with Crippen LogP contribution in [0.3, 0.4) is 0 Å². The molecular formula is C17H28N2O2S. The molecular weight excluding hydrogens is 296 g/mol. The average molecular weight is 324 g/mol. The molecule has 2 unspecified atom stereocenters. The van der Waals surface area contributed by atoms with Gasteiger partial charge in [-0.15, -0.1) is 11.3 Å². The van der Waals surface area contributed by atoms with E-state index in [0.29, 0.717) is 5.92 Å². The van der Waals surface area contributed by atoms with E-state index in [4.69, 9.17) is 4.74 Å². The molecule has 1 aromatic rings. The Bertz CT molecular complexity index is 500. The van der Waals surface area contributed by atoms with Gasteiger partial charge in [0.25, 0.3) is 0 Å². The van der Waals surface area contributed by atoms with E-state index in [0.717, 1.165) is 19.4 Å². The maximum atomic E-state index is 12.6. The van der Waals surface area contributed by atoms with Crippen molar-refractivity contribution in [1.82, 2.24) is 9.88 Å². The van der Waals surface area contributed by atoms with Crippen molar-refractivity contribution in [2.75, 3.05) is 6.54 Å². The van der Waals surface area contributed by atoms with Crippen LogP contribution < -0.4 is 0 Å². The predicted molar refractivity (Wildman–Crippen MR) is 90.3 cm³/mol. The minimum Gasteiger partial charge on any atom is -0.444 e. The summed E-state index contributed by atoms with van der Waals surface area (Å²) < 4.78 is 5.60. The van der Waals surface area contributed by atoms with Gasteiger partial charge in [-0.25, -0.2) is 9.78 Å². The summed E-state index contributed by atoms with van der Waals surface area (Å²) in [7, 11) is 0. The average Bonchev–Trinajstić information content (AvgIpc) is 2.88. The van der Waals surface area contributed by atoms with Gasteiger partial charge in [0.15, 0.2) is 0 Å². The van der Waals surface area contributed by atoms with Crippen LogP contribution in [0.5, 0.6) is 0 Å². The number of hydrogen-bond acceptors (Lipinski definition) is 4. The summed E-state index contributed by atoms with van der Waals surface area (Å²) in [5.74, 6) is 0.447.